The molecule has 1 aromatic heterocycles. The fraction of sp³-hybridized carbons (Fsp3) is 0.267. The highest BCUT2D eigenvalue weighted by molar-refractivity contribution is 6.09. The fourth-order valence-corrected chi connectivity index (χ4v) is 2.09. The van der Waals surface area contributed by atoms with Crippen LogP contribution in [-0.4, -0.2) is 27.1 Å². The number of aryl methyl sites for hydroxylation is 1. The Morgan fingerprint density at radius 2 is 2.05 bits per heavy atom. The number of hydrogen-bond donors (Lipinski definition) is 4. The van der Waals surface area contributed by atoms with Gasteiger partial charge in [0.05, 0.1) is 16.9 Å². The molecule has 0 unspecified atom stereocenters. The van der Waals surface area contributed by atoms with Gasteiger partial charge in [0.15, 0.2) is 5.69 Å². The van der Waals surface area contributed by atoms with Gasteiger partial charge in [0, 0.05) is 0 Å². The zero-order valence-electron chi connectivity index (χ0n) is 12.6. The lowest BCUT2D eigenvalue weighted by molar-refractivity contribution is 0.0996. The van der Waals surface area contributed by atoms with Crippen LogP contribution in [0.2, 0.25) is 0 Å². The standard InChI is InChI=1S/C15H18N4O3/c1-7(2)11-12(13(14(16)21)19-18-11)17-15(22)9-6-8(3)4-5-10(9)20/h4-7,20H,1-3H3,(H2,16,21)(H,17,22)(H,18,19). The van der Waals surface area contributed by atoms with Crippen LogP contribution in [0.5, 0.6) is 5.75 Å². The number of carbonyl (C=O) groups is 2. The molecule has 0 fully saturated rings. The molecule has 0 spiro atoms. The Bertz CT molecular complexity index is 734. The van der Waals surface area contributed by atoms with E-state index in [4.69, 9.17) is 5.73 Å². The Morgan fingerprint density at radius 1 is 1.36 bits per heavy atom. The van der Waals surface area contributed by atoms with Crippen LogP contribution in [0.4, 0.5) is 5.69 Å². The summed E-state index contributed by atoms with van der Waals surface area (Å²) in [6.07, 6.45) is 0. The third-order valence-electron chi connectivity index (χ3n) is 3.24. The lowest BCUT2D eigenvalue weighted by Gasteiger charge is -2.10. The van der Waals surface area contributed by atoms with Crippen LogP contribution in [0.3, 0.4) is 0 Å². The summed E-state index contributed by atoms with van der Waals surface area (Å²) in [7, 11) is 0. The first-order chi connectivity index (χ1) is 10.3. The average molecular weight is 302 g/mol. The number of hydrogen-bond acceptors (Lipinski definition) is 4. The van der Waals surface area contributed by atoms with Crippen LogP contribution in [0.15, 0.2) is 18.2 Å². The minimum Gasteiger partial charge on any atom is -0.507 e. The average Bonchev–Trinajstić information content (AvgIpc) is 2.85. The predicted molar refractivity (Wildman–Crippen MR) is 82.0 cm³/mol. The summed E-state index contributed by atoms with van der Waals surface area (Å²) in [5.41, 5.74) is 7.02. The van der Waals surface area contributed by atoms with E-state index in [1.807, 2.05) is 20.8 Å². The number of rotatable bonds is 4. The molecule has 0 atom stereocenters. The van der Waals surface area contributed by atoms with Crippen molar-refractivity contribution < 1.29 is 14.7 Å². The number of phenolic OH excluding ortho intramolecular Hbond substituents is 1. The number of aromatic amines is 1. The van der Waals surface area contributed by atoms with Crippen molar-refractivity contribution in [2.45, 2.75) is 26.7 Å². The second-order valence-electron chi connectivity index (χ2n) is 5.35. The second kappa shape index (κ2) is 5.88. The van der Waals surface area contributed by atoms with E-state index in [2.05, 4.69) is 15.5 Å². The van der Waals surface area contributed by atoms with Gasteiger partial charge >= 0.3 is 0 Å². The Morgan fingerprint density at radius 3 is 2.64 bits per heavy atom. The van der Waals surface area contributed by atoms with Crippen LogP contribution in [-0.2, 0) is 0 Å². The first-order valence-electron chi connectivity index (χ1n) is 6.80. The maximum absolute atomic E-state index is 12.4. The lowest BCUT2D eigenvalue weighted by Crippen LogP contribution is -2.19. The van der Waals surface area contributed by atoms with Gasteiger partial charge in [-0.25, -0.2) is 0 Å². The van der Waals surface area contributed by atoms with E-state index in [1.165, 1.54) is 6.07 Å². The molecule has 22 heavy (non-hydrogen) atoms. The van der Waals surface area contributed by atoms with Gasteiger partial charge in [0.1, 0.15) is 5.75 Å². The molecule has 0 saturated heterocycles. The second-order valence-corrected chi connectivity index (χ2v) is 5.35. The molecule has 5 N–H and O–H groups in total. The van der Waals surface area contributed by atoms with E-state index >= 15 is 0 Å². The summed E-state index contributed by atoms with van der Waals surface area (Å²) in [4.78, 5) is 23.8. The predicted octanol–water partition coefficient (Wildman–Crippen LogP) is 1.90. The number of H-pyrrole nitrogens is 1. The molecule has 7 heteroatoms. The van der Waals surface area contributed by atoms with Crippen molar-refractivity contribution in [1.82, 2.24) is 10.2 Å². The van der Waals surface area contributed by atoms with Gasteiger partial charge in [0.25, 0.3) is 11.8 Å². The van der Waals surface area contributed by atoms with Crippen LogP contribution >= 0.6 is 0 Å². The van der Waals surface area contributed by atoms with Crippen molar-refractivity contribution in [3.8, 4) is 5.75 Å². The summed E-state index contributed by atoms with van der Waals surface area (Å²) in [6, 6.07) is 4.69. The smallest absolute Gasteiger partial charge is 0.271 e. The maximum Gasteiger partial charge on any atom is 0.271 e. The van der Waals surface area contributed by atoms with Crippen molar-refractivity contribution in [1.29, 1.82) is 0 Å². The summed E-state index contributed by atoms with van der Waals surface area (Å²) in [6.45, 7) is 5.58. The topological polar surface area (TPSA) is 121 Å². The first kappa shape index (κ1) is 15.6. The van der Waals surface area contributed by atoms with E-state index in [9.17, 15) is 14.7 Å². The van der Waals surface area contributed by atoms with Gasteiger partial charge in [-0.05, 0) is 25.0 Å². The van der Waals surface area contributed by atoms with Crippen LogP contribution in [0.25, 0.3) is 0 Å². The molecule has 0 radical (unpaired) electrons. The number of aromatic nitrogens is 2. The molecule has 0 bridgehead atoms. The number of nitrogens with two attached hydrogens (primary N) is 1. The molecule has 0 aliphatic heterocycles. The quantitative estimate of drug-likeness (QED) is 0.689. The molecular weight excluding hydrogens is 284 g/mol. The monoisotopic (exact) mass is 302 g/mol. The molecule has 0 aliphatic rings. The first-order valence-corrected chi connectivity index (χ1v) is 6.80. The number of carbonyl (C=O) groups excluding carboxylic acids is 2. The van der Waals surface area contributed by atoms with Gasteiger partial charge in [-0.15, -0.1) is 0 Å². The van der Waals surface area contributed by atoms with Gasteiger partial charge in [-0.1, -0.05) is 25.5 Å². The number of anilines is 1. The molecule has 2 amide bonds. The number of amides is 2. The van der Waals surface area contributed by atoms with E-state index in [1.54, 1.807) is 12.1 Å². The molecule has 1 heterocycles. The minimum atomic E-state index is -0.744. The van der Waals surface area contributed by atoms with Crippen molar-refractivity contribution in [2.75, 3.05) is 5.32 Å². The highest BCUT2D eigenvalue weighted by Gasteiger charge is 2.22. The van der Waals surface area contributed by atoms with E-state index in [0.717, 1.165) is 5.56 Å². The van der Waals surface area contributed by atoms with Gasteiger partial charge in [-0.3, -0.25) is 14.7 Å². The zero-order valence-corrected chi connectivity index (χ0v) is 12.6. The zero-order chi connectivity index (χ0) is 16.4. The van der Waals surface area contributed by atoms with Gasteiger partial charge in [-0.2, -0.15) is 5.10 Å². The molecule has 0 saturated carbocycles. The summed E-state index contributed by atoms with van der Waals surface area (Å²) >= 11 is 0. The minimum absolute atomic E-state index is 0.00186. The van der Waals surface area contributed by atoms with Crippen molar-refractivity contribution in [3.63, 3.8) is 0 Å². The largest absolute Gasteiger partial charge is 0.507 e. The molecule has 116 valence electrons. The normalized spacial score (nSPS) is 10.7. The van der Waals surface area contributed by atoms with Crippen LogP contribution in [0.1, 0.15) is 51.9 Å². The molecule has 1 aromatic carbocycles. The highest BCUT2D eigenvalue weighted by Crippen LogP contribution is 2.27. The number of primary amides is 1. The van der Waals surface area contributed by atoms with Crippen molar-refractivity contribution in [3.05, 3.63) is 40.7 Å². The Kier molecular flexibility index (Phi) is 4.16. The van der Waals surface area contributed by atoms with E-state index in [-0.39, 0.29) is 28.6 Å². The van der Waals surface area contributed by atoms with E-state index < -0.39 is 11.8 Å². The molecule has 0 aliphatic carbocycles. The highest BCUT2D eigenvalue weighted by atomic mass is 16.3. The SMILES string of the molecule is Cc1ccc(O)c(C(=O)Nc2c(C(N)=O)n[nH]c2C(C)C)c1. The number of benzene rings is 1. The molecule has 7 nitrogen and oxygen atoms in total. The lowest BCUT2D eigenvalue weighted by atomic mass is 10.1. The summed E-state index contributed by atoms with van der Waals surface area (Å²) < 4.78 is 0. The third-order valence-corrected chi connectivity index (χ3v) is 3.24. The van der Waals surface area contributed by atoms with Crippen LogP contribution < -0.4 is 11.1 Å². The van der Waals surface area contributed by atoms with Crippen molar-refractivity contribution in [2.24, 2.45) is 5.73 Å². The third kappa shape index (κ3) is 2.93. The number of aromatic hydroxyl groups is 1. The Hall–Kier alpha value is -2.83. The summed E-state index contributed by atoms with van der Waals surface area (Å²) in [5.74, 6) is -1.42. The maximum atomic E-state index is 12.4. The molecule has 2 aromatic rings. The van der Waals surface area contributed by atoms with Crippen LogP contribution in [0, 0.1) is 6.92 Å². The fourth-order valence-electron chi connectivity index (χ4n) is 2.09. The number of phenols is 1. The Balaban J connectivity index is 2.41. The van der Waals surface area contributed by atoms with E-state index in [0.29, 0.717) is 5.69 Å². The number of nitrogens with one attached hydrogen (secondary N) is 2. The van der Waals surface area contributed by atoms with Crippen molar-refractivity contribution >= 4 is 17.5 Å². The van der Waals surface area contributed by atoms with Gasteiger partial charge < -0.3 is 16.2 Å². The summed E-state index contributed by atoms with van der Waals surface area (Å²) in [5, 5.41) is 19.0. The van der Waals surface area contributed by atoms with Gasteiger partial charge in [0.2, 0.25) is 0 Å². The Labute approximate surface area is 127 Å². The number of nitrogens with zero attached hydrogens (tertiary/aromatic N) is 1. The molecular formula is C15H18N4O3. The molecule has 2 rings (SSSR count).